The van der Waals surface area contributed by atoms with Crippen molar-refractivity contribution in [3.8, 4) is 11.9 Å². The average Bonchev–Trinajstić information content (AvgIpc) is 3.48. The first kappa shape index (κ1) is 28.7. The second-order valence-electron chi connectivity index (χ2n) is 10.6. The molecule has 0 radical (unpaired) electrons. The molecule has 3 N–H and O–H groups in total. The van der Waals surface area contributed by atoms with Gasteiger partial charge in [-0.2, -0.15) is 20.0 Å². The summed E-state index contributed by atoms with van der Waals surface area (Å²) in [7, 11) is 0. The molecule has 216 valence electrons. The molecule has 5 rings (SSSR count). The number of nitriles is 1. The molecule has 2 aromatic heterocycles. The first-order valence-electron chi connectivity index (χ1n) is 13.8. The number of ether oxygens (including phenoxy) is 1. The van der Waals surface area contributed by atoms with Crippen LogP contribution in [0.5, 0.6) is 0 Å². The smallest absolute Gasteiger partial charge is 0.255 e. The van der Waals surface area contributed by atoms with Gasteiger partial charge in [0.15, 0.2) is 5.82 Å². The van der Waals surface area contributed by atoms with Gasteiger partial charge in [-0.05, 0) is 56.2 Å². The molecule has 3 heterocycles. The lowest BCUT2D eigenvalue weighted by Crippen LogP contribution is -2.39. The van der Waals surface area contributed by atoms with Crippen LogP contribution in [0.25, 0.3) is 5.82 Å². The van der Waals surface area contributed by atoms with Gasteiger partial charge in [0, 0.05) is 49.2 Å². The largest absolute Gasteiger partial charge is 0.379 e. The minimum Gasteiger partial charge on any atom is -0.379 e. The maximum absolute atomic E-state index is 13.1. The molecule has 42 heavy (non-hydrogen) atoms. The normalized spacial score (nSPS) is 13.8. The second kappa shape index (κ2) is 12.8. The number of hydrogen-bond donors (Lipinski definition) is 3. The third-order valence-corrected chi connectivity index (χ3v) is 7.12. The van der Waals surface area contributed by atoms with Gasteiger partial charge in [0.25, 0.3) is 5.91 Å². The number of carbonyl (C=O) groups is 1. The summed E-state index contributed by atoms with van der Waals surface area (Å²) in [5.74, 6) is 1.45. The molecule has 1 aliphatic heterocycles. The van der Waals surface area contributed by atoms with E-state index in [9.17, 15) is 10.1 Å². The van der Waals surface area contributed by atoms with Gasteiger partial charge in [0.05, 0.1) is 24.7 Å². The molecule has 2 aromatic carbocycles. The molecule has 1 fully saturated rings. The Balaban J connectivity index is 1.27. The van der Waals surface area contributed by atoms with E-state index in [0.29, 0.717) is 28.8 Å². The van der Waals surface area contributed by atoms with Gasteiger partial charge < -0.3 is 20.7 Å². The van der Waals surface area contributed by atoms with Crippen LogP contribution < -0.4 is 16.0 Å². The highest BCUT2D eigenvalue weighted by atomic mass is 16.5. The van der Waals surface area contributed by atoms with Crippen molar-refractivity contribution in [3.05, 3.63) is 77.9 Å². The molecular weight excluding hydrogens is 532 g/mol. The number of morpholine rings is 1. The summed E-state index contributed by atoms with van der Waals surface area (Å²) >= 11 is 0. The van der Waals surface area contributed by atoms with Gasteiger partial charge in [-0.3, -0.25) is 9.69 Å². The lowest BCUT2D eigenvalue weighted by atomic mass is 9.85. The van der Waals surface area contributed by atoms with Gasteiger partial charge in [0.1, 0.15) is 18.5 Å². The zero-order valence-electron chi connectivity index (χ0n) is 24.0. The highest BCUT2D eigenvalue weighted by molar-refractivity contribution is 6.04. The third-order valence-electron chi connectivity index (χ3n) is 7.12. The van der Waals surface area contributed by atoms with Crippen molar-refractivity contribution in [3.63, 3.8) is 0 Å². The molecule has 0 spiro atoms. The Morgan fingerprint density at radius 3 is 2.71 bits per heavy atom. The van der Waals surface area contributed by atoms with Crippen LogP contribution in [0.1, 0.15) is 35.3 Å². The van der Waals surface area contributed by atoms with Crippen molar-refractivity contribution < 1.29 is 9.53 Å². The molecule has 0 saturated carbocycles. The highest BCUT2D eigenvalue weighted by Crippen LogP contribution is 2.26. The lowest BCUT2D eigenvalue weighted by molar-refractivity contribution is 0.0398. The van der Waals surface area contributed by atoms with E-state index in [1.165, 1.54) is 12.7 Å². The van der Waals surface area contributed by atoms with Crippen LogP contribution in [-0.4, -0.2) is 74.9 Å². The maximum Gasteiger partial charge on any atom is 0.255 e. The second-order valence-corrected chi connectivity index (χ2v) is 10.6. The number of benzene rings is 2. The van der Waals surface area contributed by atoms with Crippen molar-refractivity contribution in [2.75, 3.05) is 55.3 Å². The number of hydrogen-bond acceptors (Lipinski definition) is 10. The first-order valence-corrected chi connectivity index (χ1v) is 13.8. The van der Waals surface area contributed by atoms with Crippen LogP contribution in [-0.2, 0) is 10.2 Å². The van der Waals surface area contributed by atoms with E-state index in [-0.39, 0.29) is 5.91 Å². The van der Waals surface area contributed by atoms with E-state index < -0.39 is 5.41 Å². The Morgan fingerprint density at radius 2 is 1.90 bits per heavy atom. The number of anilines is 4. The Kier molecular flexibility index (Phi) is 8.71. The molecule has 0 aliphatic carbocycles. The quantitative estimate of drug-likeness (QED) is 0.258. The van der Waals surface area contributed by atoms with Crippen LogP contribution in [0.4, 0.5) is 23.1 Å². The summed E-state index contributed by atoms with van der Waals surface area (Å²) in [5, 5.41) is 23.5. The molecule has 0 atom stereocenters. The van der Waals surface area contributed by atoms with E-state index >= 15 is 0 Å². The van der Waals surface area contributed by atoms with Crippen molar-refractivity contribution >= 4 is 29.0 Å². The van der Waals surface area contributed by atoms with Crippen LogP contribution in [0.2, 0.25) is 0 Å². The van der Waals surface area contributed by atoms with Crippen LogP contribution in [0.3, 0.4) is 0 Å². The van der Waals surface area contributed by atoms with Crippen molar-refractivity contribution in [2.45, 2.75) is 26.2 Å². The van der Waals surface area contributed by atoms with E-state index in [1.807, 2.05) is 51.1 Å². The minimum absolute atomic E-state index is 0.266. The zero-order valence-corrected chi connectivity index (χ0v) is 24.0. The SMILES string of the molecule is Cc1ccc(NC(=O)c2cccc(C(C)(C)C#N)c2)cc1Nc1ncnn1-c1cc(NCCN2CCOCC2)ncn1. The van der Waals surface area contributed by atoms with Crippen molar-refractivity contribution in [2.24, 2.45) is 0 Å². The molecule has 12 nitrogen and oxygen atoms in total. The molecule has 12 heteroatoms. The first-order chi connectivity index (χ1) is 20.3. The van der Waals surface area contributed by atoms with E-state index in [0.717, 1.165) is 56.2 Å². The van der Waals surface area contributed by atoms with E-state index in [4.69, 9.17) is 4.74 Å². The predicted octanol–water partition coefficient (Wildman–Crippen LogP) is 3.91. The Morgan fingerprint density at radius 1 is 1.07 bits per heavy atom. The molecule has 1 amide bonds. The van der Waals surface area contributed by atoms with Gasteiger partial charge in [-0.25, -0.2) is 9.97 Å². The molecule has 0 bridgehead atoms. The number of nitrogens with one attached hydrogen (secondary N) is 3. The fourth-order valence-corrected chi connectivity index (χ4v) is 4.49. The summed E-state index contributed by atoms with van der Waals surface area (Å²) in [6, 6.07) is 16.8. The summed E-state index contributed by atoms with van der Waals surface area (Å²) < 4.78 is 7.01. The highest BCUT2D eigenvalue weighted by Gasteiger charge is 2.21. The Hall–Kier alpha value is -4.86. The Bertz CT molecular complexity index is 1590. The monoisotopic (exact) mass is 566 g/mol. The van der Waals surface area contributed by atoms with Gasteiger partial charge in [-0.15, -0.1) is 0 Å². The third kappa shape index (κ3) is 6.88. The number of aryl methyl sites for hydroxylation is 1. The van der Waals surface area contributed by atoms with Crippen molar-refractivity contribution in [1.82, 2.24) is 29.6 Å². The molecular formula is C30H34N10O2. The summed E-state index contributed by atoms with van der Waals surface area (Å²) in [6.45, 7) is 10.7. The number of carbonyl (C=O) groups excluding carboxylic acids is 1. The molecule has 4 aromatic rings. The van der Waals surface area contributed by atoms with Gasteiger partial charge >= 0.3 is 0 Å². The van der Waals surface area contributed by atoms with Crippen LogP contribution in [0, 0.1) is 18.3 Å². The van der Waals surface area contributed by atoms with Crippen molar-refractivity contribution in [1.29, 1.82) is 5.26 Å². The number of rotatable bonds is 10. The molecule has 0 unspecified atom stereocenters. The molecule has 1 saturated heterocycles. The van der Waals surface area contributed by atoms with E-state index in [1.54, 1.807) is 22.9 Å². The predicted molar refractivity (Wildman–Crippen MR) is 160 cm³/mol. The van der Waals surface area contributed by atoms with Crippen LogP contribution >= 0.6 is 0 Å². The topological polar surface area (TPSA) is 146 Å². The Labute approximate surface area is 244 Å². The lowest BCUT2D eigenvalue weighted by Gasteiger charge is -2.26. The summed E-state index contributed by atoms with van der Waals surface area (Å²) in [5.41, 5.74) is 2.87. The van der Waals surface area contributed by atoms with Crippen LogP contribution in [0.15, 0.2) is 61.2 Å². The number of nitrogens with zero attached hydrogens (tertiary/aromatic N) is 7. The standard InChI is InChI=1S/C30H34N10O2/c1-21-7-8-24(37-28(41)22-5-4-6-23(15-22)30(2,3)18-31)16-25(21)38-29-35-20-36-40(29)27-17-26(33-19-34-27)32-9-10-39-11-13-42-14-12-39/h4-8,15-17,19-20H,9-14H2,1-3H3,(H,37,41)(H,32,33,34)(H,35,36,38). The minimum atomic E-state index is -0.698. The number of amides is 1. The molecule has 1 aliphatic rings. The van der Waals surface area contributed by atoms with Gasteiger partial charge in [0.2, 0.25) is 5.95 Å². The zero-order chi connectivity index (χ0) is 29.5. The fraction of sp³-hybridized carbons (Fsp3) is 0.333. The average molecular weight is 567 g/mol. The summed E-state index contributed by atoms with van der Waals surface area (Å²) in [4.78, 5) is 28.5. The van der Waals surface area contributed by atoms with E-state index in [2.05, 4.69) is 47.0 Å². The maximum atomic E-state index is 13.1. The summed E-state index contributed by atoms with van der Waals surface area (Å²) in [6.07, 6.45) is 2.94. The van der Waals surface area contributed by atoms with Gasteiger partial charge in [-0.1, -0.05) is 18.2 Å². The number of aromatic nitrogens is 5. The fourth-order valence-electron chi connectivity index (χ4n) is 4.49.